The van der Waals surface area contributed by atoms with Crippen molar-refractivity contribution in [2.45, 2.75) is 27.0 Å². The number of methoxy groups -OCH3 is 1. The lowest BCUT2D eigenvalue weighted by Gasteiger charge is -2.07. The number of hydrogen-bond acceptors (Lipinski definition) is 4. The number of nitrogens with one attached hydrogen (secondary N) is 1. The molecular formula is C13H23NO3. The standard InChI is InChI=1S/C13H23NO3/c1-11(2)8-14-9-13-12(4-5-17-13)10-16-7-6-15-3/h4-5,11,14H,6-10H2,1-3H3. The van der Waals surface area contributed by atoms with Crippen LogP contribution >= 0.6 is 0 Å². The molecule has 0 aliphatic carbocycles. The normalized spacial score (nSPS) is 11.3. The van der Waals surface area contributed by atoms with E-state index in [0.29, 0.717) is 25.7 Å². The van der Waals surface area contributed by atoms with Crippen LogP contribution in [0.1, 0.15) is 25.2 Å². The van der Waals surface area contributed by atoms with Gasteiger partial charge in [0.15, 0.2) is 0 Å². The van der Waals surface area contributed by atoms with Crippen LogP contribution < -0.4 is 5.32 Å². The molecule has 1 aromatic heterocycles. The number of rotatable bonds is 9. The van der Waals surface area contributed by atoms with Crippen molar-refractivity contribution in [3.05, 3.63) is 23.7 Å². The third-order valence-electron chi connectivity index (χ3n) is 2.37. The third kappa shape index (κ3) is 5.86. The molecule has 1 heterocycles. The Labute approximate surface area is 103 Å². The Morgan fingerprint density at radius 1 is 1.35 bits per heavy atom. The first-order valence-corrected chi connectivity index (χ1v) is 6.06. The largest absolute Gasteiger partial charge is 0.468 e. The Kier molecular flexibility index (Phi) is 6.93. The number of ether oxygens (including phenoxy) is 2. The average Bonchev–Trinajstić information content (AvgIpc) is 2.72. The second-order valence-corrected chi connectivity index (χ2v) is 4.44. The van der Waals surface area contributed by atoms with Gasteiger partial charge in [-0.1, -0.05) is 13.8 Å². The minimum absolute atomic E-state index is 0.582. The van der Waals surface area contributed by atoms with E-state index in [9.17, 15) is 0 Å². The van der Waals surface area contributed by atoms with E-state index in [2.05, 4.69) is 19.2 Å². The molecule has 0 unspecified atom stereocenters. The zero-order chi connectivity index (χ0) is 12.5. The molecule has 0 spiro atoms. The summed E-state index contributed by atoms with van der Waals surface area (Å²) in [6, 6.07) is 1.96. The molecule has 0 bridgehead atoms. The number of furan rings is 1. The maximum atomic E-state index is 5.47. The van der Waals surface area contributed by atoms with Gasteiger partial charge >= 0.3 is 0 Å². The van der Waals surface area contributed by atoms with Gasteiger partial charge in [0.25, 0.3) is 0 Å². The summed E-state index contributed by atoms with van der Waals surface area (Å²) in [5, 5.41) is 3.36. The van der Waals surface area contributed by atoms with E-state index in [1.807, 2.05) is 6.07 Å². The van der Waals surface area contributed by atoms with Crippen molar-refractivity contribution in [3.63, 3.8) is 0 Å². The molecule has 0 radical (unpaired) electrons. The van der Waals surface area contributed by atoms with Crippen molar-refractivity contribution < 1.29 is 13.9 Å². The molecule has 1 aromatic rings. The van der Waals surface area contributed by atoms with Crippen LogP contribution in [0.5, 0.6) is 0 Å². The molecular weight excluding hydrogens is 218 g/mol. The highest BCUT2D eigenvalue weighted by Crippen LogP contribution is 2.11. The van der Waals surface area contributed by atoms with Crippen molar-refractivity contribution >= 4 is 0 Å². The predicted octanol–water partition coefficient (Wildman–Crippen LogP) is 2.19. The predicted molar refractivity (Wildman–Crippen MR) is 66.8 cm³/mol. The van der Waals surface area contributed by atoms with E-state index >= 15 is 0 Å². The molecule has 0 fully saturated rings. The van der Waals surface area contributed by atoms with Gasteiger partial charge in [-0.15, -0.1) is 0 Å². The van der Waals surface area contributed by atoms with Crippen molar-refractivity contribution in [1.29, 1.82) is 0 Å². The molecule has 0 atom stereocenters. The van der Waals surface area contributed by atoms with Crippen LogP contribution in [0.2, 0.25) is 0 Å². The van der Waals surface area contributed by atoms with Gasteiger partial charge in [0, 0.05) is 12.7 Å². The van der Waals surface area contributed by atoms with Gasteiger partial charge in [-0.3, -0.25) is 0 Å². The van der Waals surface area contributed by atoms with Crippen molar-refractivity contribution in [2.75, 3.05) is 26.9 Å². The van der Waals surface area contributed by atoms with E-state index in [-0.39, 0.29) is 0 Å². The zero-order valence-corrected chi connectivity index (χ0v) is 11.0. The summed E-state index contributed by atoms with van der Waals surface area (Å²) in [6.07, 6.45) is 1.71. The second kappa shape index (κ2) is 8.28. The van der Waals surface area contributed by atoms with Crippen LogP contribution in [0.4, 0.5) is 0 Å². The molecule has 0 aliphatic heterocycles. The van der Waals surface area contributed by atoms with Crippen molar-refractivity contribution in [1.82, 2.24) is 5.32 Å². The highest BCUT2D eigenvalue weighted by atomic mass is 16.5. The Morgan fingerprint density at radius 2 is 2.18 bits per heavy atom. The lowest BCUT2D eigenvalue weighted by molar-refractivity contribution is 0.0610. The monoisotopic (exact) mass is 241 g/mol. The van der Waals surface area contributed by atoms with Crippen LogP contribution in [-0.2, 0) is 22.6 Å². The minimum atomic E-state index is 0.582. The molecule has 0 aliphatic rings. The molecule has 4 nitrogen and oxygen atoms in total. The Morgan fingerprint density at radius 3 is 2.88 bits per heavy atom. The lowest BCUT2D eigenvalue weighted by atomic mass is 10.2. The third-order valence-corrected chi connectivity index (χ3v) is 2.37. The Bertz CT molecular complexity index is 297. The Hall–Kier alpha value is -0.840. The highest BCUT2D eigenvalue weighted by Gasteiger charge is 2.06. The van der Waals surface area contributed by atoms with E-state index in [4.69, 9.17) is 13.9 Å². The quantitative estimate of drug-likeness (QED) is 0.673. The first-order chi connectivity index (χ1) is 8.24. The van der Waals surface area contributed by atoms with Gasteiger partial charge in [-0.05, 0) is 18.5 Å². The van der Waals surface area contributed by atoms with Crippen LogP contribution in [0.25, 0.3) is 0 Å². The highest BCUT2D eigenvalue weighted by molar-refractivity contribution is 5.15. The molecule has 0 amide bonds. The van der Waals surface area contributed by atoms with Crippen LogP contribution in [0, 0.1) is 5.92 Å². The van der Waals surface area contributed by atoms with Gasteiger partial charge in [0.05, 0.1) is 32.6 Å². The van der Waals surface area contributed by atoms with E-state index < -0.39 is 0 Å². The van der Waals surface area contributed by atoms with E-state index in [1.54, 1.807) is 13.4 Å². The maximum Gasteiger partial charge on any atom is 0.123 e. The van der Waals surface area contributed by atoms with Gasteiger partial charge in [0.2, 0.25) is 0 Å². The number of hydrogen-bond donors (Lipinski definition) is 1. The van der Waals surface area contributed by atoms with Gasteiger partial charge in [0.1, 0.15) is 5.76 Å². The first-order valence-electron chi connectivity index (χ1n) is 6.06. The van der Waals surface area contributed by atoms with Crippen LogP contribution in [-0.4, -0.2) is 26.9 Å². The maximum absolute atomic E-state index is 5.47. The summed E-state index contributed by atoms with van der Waals surface area (Å²) in [5.74, 6) is 1.61. The van der Waals surface area contributed by atoms with Crippen LogP contribution in [0.15, 0.2) is 16.7 Å². The summed E-state index contributed by atoms with van der Waals surface area (Å²) >= 11 is 0. The fourth-order valence-electron chi connectivity index (χ4n) is 1.45. The zero-order valence-electron chi connectivity index (χ0n) is 11.0. The molecule has 0 aromatic carbocycles. The topological polar surface area (TPSA) is 43.6 Å². The Balaban J connectivity index is 2.27. The van der Waals surface area contributed by atoms with Gasteiger partial charge < -0.3 is 19.2 Å². The molecule has 4 heteroatoms. The smallest absolute Gasteiger partial charge is 0.123 e. The SMILES string of the molecule is COCCOCc1ccoc1CNCC(C)C. The second-order valence-electron chi connectivity index (χ2n) is 4.44. The molecule has 1 rings (SSSR count). The van der Waals surface area contributed by atoms with E-state index in [1.165, 1.54) is 0 Å². The fourth-order valence-corrected chi connectivity index (χ4v) is 1.45. The average molecular weight is 241 g/mol. The molecule has 0 saturated heterocycles. The fraction of sp³-hybridized carbons (Fsp3) is 0.692. The van der Waals surface area contributed by atoms with Crippen molar-refractivity contribution in [3.8, 4) is 0 Å². The molecule has 98 valence electrons. The molecule has 17 heavy (non-hydrogen) atoms. The minimum Gasteiger partial charge on any atom is -0.468 e. The summed E-state index contributed by atoms with van der Waals surface area (Å²) in [6.45, 7) is 7.94. The molecule has 0 saturated carbocycles. The summed E-state index contributed by atoms with van der Waals surface area (Å²) in [5.41, 5.74) is 1.11. The lowest BCUT2D eigenvalue weighted by Crippen LogP contribution is -2.19. The van der Waals surface area contributed by atoms with Gasteiger partial charge in [-0.2, -0.15) is 0 Å². The summed E-state index contributed by atoms with van der Waals surface area (Å²) < 4.78 is 15.8. The summed E-state index contributed by atoms with van der Waals surface area (Å²) in [4.78, 5) is 0. The van der Waals surface area contributed by atoms with Gasteiger partial charge in [-0.25, -0.2) is 0 Å². The molecule has 1 N–H and O–H groups in total. The van der Waals surface area contributed by atoms with Crippen molar-refractivity contribution in [2.24, 2.45) is 5.92 Å². The van der Waals surface area contributed by atoms with Crippen LogP contribution in [0.3, 0.4) is 0 Å². The first kappa shape index (κ1) is 14.2. The summed E-state index contributed by atoms with van der Waals surface area (Å²) in [7, 11) is 1.67. The van der Waals surface area contributed by atoms with E-state index in [0.717, 1.165) is 24.4 Å².